The molecule has 0 aromatic heterocycles. The minimum Gasteiger partial charge on any atom is -0.313 e. The highest BCUT2D eigenvalue weighted by Crippen LogP contribution is 2.56. The molecule has 0 saturated carbocycles. The first-order valence-electron chi connectivity index (χ1n) is 10.1. The molecular formula is C23H23N3O4S2. The molecule has 7 nitrogen and oxygen atoms in total. The van der Waals surface area contributed by atoms with E-state index in [0.717, 1.165) is 5.56 Å². The van der Waals surface area contributed by atoms with Gasteiger partial charge < -0.3 is 4.90 Å². The summed E-state index contributed by atoms with van der Waals surface area (Å²) in [5, 5.41) is 10.6. The normalized spacial score (nSPS) is 26.1. The number of hydrogen-bond donors (Lipinski definition) is 0. The van der Waals surface area contributed by atoms with Gasteiger partial charge in [-0.2, -0.15) is 0 Å². The number of β-lactam (4-membered cyclic amide) rings is 1. The zero-order chi connectivity index (χ0) is 23.1. The Morgan fingerprint density at radius 1 is 1.19 bits per heavy atom. The van der Waals surface area contributed by atoms with Crippen LogP contribution in [0.1, 0.15) is 31.9 Å². The average Bonchev–Trinajstić information content (AvgIpc) is 3.06. The maximum atomic E-state index is 13.2. The van der Waals surface area contributed by atoms with Crippen LogP contribution in [-0.2, 0) is 15.3 Å². The summed E-state index contributed by atoms with van der Waals surface area (Å²) in [5.74, 6) is 0.400. The Morgan fingerprint density at radius 2 is 1.84 bits per heavy atom. The zero-order valence-electron chi connectivity index (χ0n) is 17.9. The lowest BCUT2D eigenvalue weighted by atomic mass is 9.87. The molecule has 0 bridgehead atoms. The Hall–Kier alpha value is -2.65. The minimum atomic E-state index is -0.969. The monoisotopic (exact) mass is 469 g/mol. The Labute approximate surface area is 194 Å². The molecule has 0 aliphatic carbocycles. The number of thioether (sulfide) groups is 2. The van der Waals surface area contributed by atoms with E-state index in [9.17, 15) is 19.7 Å². The smallest absolute Gasteiger partial charge is 0.269 e. The van der Waals surface area contributed by atoms with Crippen LogP contribution in [0.15, 0.2) is 59.6 Å². The molecule has 1 amide bonds. The number of carbonyl (C=O) groups excluding carboxylic acids is 2. The third-order valence-corrected chi connectivity index (χ3v) is 8.51. The molecule has 2 fully saturated rings. The largest absolute Gasteiger partial charge is 0.313 e. The second-order valence-electron chi connectivity index (χ2n) is 8.54. The van der Waals surface area contributed by atoms with Gasteiger partial charge in [0.2, 0.25) is 5.12 Å². The van der Waals surface area contributed by atoms with Gasteiger partial charge in [0.05, 0.1) is 4.92 Å². The number of rotatable bonds is 6. The number of nitrogens with zero attached hydrogens (tertiary/aromatic N) is 3. The molecule has 2 aliphatic rings. The molecule has 2 aliphatic heterocycles. The number of benzene rings is 2. The van der Waals surface area contributed by atoms with Gasteiger partial charge in [-0.05, 0) is 44.0 Å². The summed E-state index contributed by atoms with van der Waals surface area (Å²) in [4.78, 5) is 42.9. The molecule has 0 spiro atoms. The van der Waals surface area contributed by atoms with E-state index in [1.54, 1.807) is 41.9 Å². The highest BCUT2D eigenvalue weighted by atomic mass is 32.2. The lowest BCUT2D eigenvalue weighted by Crippen LogP contribution is -2.71. The molecule has 2 aromatic rings. The Morgan fingerprint density at radius 3 is 2.47 bits per heavy atom. The number of fused-ring (bicyclic) bond motifs is 1. The van der Waals surface area contributed by atoms with E-state index in [0.29, 0.717) is 11.3 Å². The fourth-order valence-electron chi connectivity index (χ4n) is 4.00. The van der Waals surface area contributed by atoms with Crippen LogP contribution in [0.5, 0.6) is 0 Å². The summed E-state index contributed by atoms with van der Waals surface area (Å²) < 4.78 is -0.429. The first-order valence-corrected chi connectivity index (χ1v) is 12.0. The zero-order valence-corrected chi connectivity index (χ0v) is 19.6. The third kappa shape index (κ3) is 3.95. The highest BCUT2D eigenvalue weighted by molar-refractivity contribution is 8.13. The van der Waals surface area contributed by atoms with Crippen molar-refractivity contribution in [3.05, 3.63) is 75.8 Å². The van der Waals surface area contributed by atoms with Gasteiger partial charge in [-0.15, -0.1) is 11.8 Å². The van der Waals surface area contributed by atoms with Gasteiger partial charge in [-0.1, -0.05) is 42.1 Å². The standard InChI is InChI=1S/C23H23N3O4S2/c1-22(2)18(19(27)31-14-16-7-5-4-6-8-16)25-20(28)23(3,21(25)32-22)24-13-15-9-11-17(12-10-15)26(29)30/h4-13,18,21H,14H2,1-3H3/t18-,21+,23?/m0/s1. The third-order valence-electron chi connectivity index (χ3n) is 5.79. The topological polar surface area (TPSA) is 92.9 Å². The maximum Gasteiger partial charge on any atom is 0.269 e. The molecular weight excluding hydrogens is 446 g/mol. The number of amides is 1. The molecule has 0 N–H and O–H groups in total. The Bertz CT molecular complexity index is 1090. The fraction of sp³-hybridized carbons (Fsp3) is 0.348. The van der Waals surface area contributed by atoms with Crippen LogP contribution in [0.4, 0.5) is 5.69 Å². The second kappa shape index (κ2) is 8.37. The number of non-ortho nitro benzene ring substituents is 1. The van der Waals surface area contributed by atoms with E-state index in [-0.39, 0.29) is 22.1 Å². The van der Waals surface area contributed by atoms with Gasteiger partial charge >= 0.3 is 0 Å². The molecule has 9 heteroatoms. The molecule has 32 heavy (non-hydrogen) atoms. The average molecular weight is 470 g/mol. The van der Waals surface area contributed by atoms with Crippen LogP contribution in [-0.4, -0.2) is 48.8 Å². The summed E-state index contributed by atoms with van der Waals surface area (Å²) in [6.45, 7) is 5.77. The van der Waals surface area contributed by atoms with Crippen molar-refractivity contribution in [1.82, 2.24) is 4.90 Å². The van der Waals surface area contributed by atoms with E-state index in [1.807, 2.05) is 44.2 Å². The van der Waals surface area contributed by atoms with Crippen LogP contribution >= 0.6 is 23.5 Å². The molecule has 166 valence electrons. The summed E-state index contributed by atoms with van der Waals surface area (Å²) >= 11 is 2.84. The van der Waals surface area contributed by atoms with Crippen molar-refractivity contribution in [2.45, 2.75) is 48.2 Å². The Kier molecular flexibility index (Phi) is 5.89. The maximum absolute atomic E-state index is 13.2. The van der Waals surface area contributed by atoms with Crippen molar-refractivity contribution in [3.8, 4) is 0 Å². The van der Waals surface area contributed by atoms with Crippen LogP contribution in [0.2, 0.25) is 0 Å². The number of hydrogen-bond acceptors (Lipinski definition) is 7. The van der Waals surface area contributed by atoms with Gasteiger partial charge in [0.1, 0.15) is 11.4 Å². The predicted molar refractivity (Wildman–Crippen MR) is 128 cm³/mol. The van der Waals surface area contributed by atoms with E-state index in [4.69, 9.17) is 0 Å². The molecule has 4 rings (SSSR count). The lowest BCUT2D eigenvalue weighted by molar-refractivity contribution is -0.384. The molecule has 2 saturated heterocycles. The first-order chi connectivity index (χ1) is 15.1. The van der Waals surface area contributed by atoms with Crippen molar-refractivity contribution in [2.24, 2.45) is 4.99 Å². The second-order valence-corrected chi connectivity index (χ2v) is 11.3. The minimum absolute atomic E-state index is 0.00159. The molecule has 0 radical (unpaired) electrons. The van der Waals surface area contributed by atoms with Crippen molar-refractivity contribution >= 4 is 46.4 Å². The van der Waals surface area contributed by atoms with Gasteiger partial charge in [0.15, 0.2) is 5.54 Å². The van der Waals surface area contributed by atoms with E-state index in [2.05, 4.69) is 4.99 Å². The van der Waals surface area contributed by atoms with Crippen molar-refractivity contribution in [3.63, 3.8) is 0 Å². The van der Waals surface area contributed by atoms with Gasteiger partial charge in [-0.3, -0.25) is 24.7 Å². The summed E-state index contributed by atoms with van der Waals surface area (Å²) in [7, 11) is 0. The molecule has 2 heterocycles. The van der Waals surface area contributed by atoms with Crippen molar-refractivity contribution < 1.29 is 14.5 Å². The first kappa shape index (κ1) is 22.5. The van der Waals surface area contributed by atoms with Gasteiger partial charge in [-0.25, -0.2) is 0 Å². The van der Waals surface area contributed by atoms with E-state index in [1.165, 1.54) is 23.9 Å². The lowest BCUT2D eigenvalue weighted by Gasteiger charge is -2.49. The van der Waals surface area contributed by atoms with Crippen molar-refractivity contribution in [1.29, 1.82) is 0 Å². The summed E-state index contributed by atoms with van der Waals surface area (Å²) in [6.07, 6.45) is 1.58. The summed E-state index contributed by atoms with van der Waals surface area (Å²) in [6, 6.07) is 15.3. The van der Waals surface area contributed by atoms with E-state index >= 15 is 0 Å². The fourth-order valence-corrected chi connectivity index (χ4v) is 6.79. The van der Waals surface area contributed by atoms with Crippen LogP contribution < -0.4 is 0 Å². The predicted octanol–water partition coefficient (Wildman–Crippen LogP) is 4.29. The van der Waals surface area contributed by atoms with E-state index < -0.39 is 21.3 Å². The molecule has 1 unspecified atom stereocenters. The Balaban J connectivity index is 1.48. The quantitative estimate of drug-likeness (QED) is 0.271. The molecule has 2 aromatic carbocycles. The number of carbonyl (C=O) groups is 2. The summed E-state index contributed by atoms with van der Waals surface area (Å²) in [5.41, 5.74) is 0.777. The molecule has 3 atom stereocenters. The van der Waals surface area contributed by atoms with Gasteiger partial charge in [0.25, 0.3) is 11.6 Å². The number of nitro benzene ring substituents is 1. The number of aliphatic imine (C=N–C) groups is 1. The van der Waals surface area contributed by atoms with Crippen LogP contribution in [0, 0.1) is 10.1 Å². The number of nitro groups is 1. The SMILES string of the molecule is CC1(C)S[C@H]2N(C(=O)C2(C)N=Cc2ccc([N+](=O)[O-])cc2)[C@H]1C(=O)SCc1ccccc1. The van der Waals surface area contributed by atoms with Crippen molar-refractivity contribution in [2.75, 3.05) is 0 Å². The van der Waals surface area contributed by atoms with Gasteiger partial charge in [0, 0.05) is 28.8 Å². The highest BCUT2D eigenvalue weighted by Gasteiger charge is 2.69. The van der Waals surface area contributed by atoms with Crippen LogP contribution in [0.25, 0.3) is 0 Å². The van der Waals surface area contributed by atoms with Crippen LogP contribution in [0.3, 0.4) is 0 Å².